The molecule has 1 radical (unpaired) electrons. The molecule has 2 rings (SSSR count). The van der Waals surface area contributed by atoms with Gasteiger partial charge in [0.15, 0.2) is 7.14 Å². The molecule has 0 aliphatic rings. The van der Waals surface area contributed by atoms with Crippen molar-refractivity contribution >= 4 is 0 Å². The van der Waals surface area contributed by atoms with E-state index in [1.165, 1.54) is 7.14 Å². The van der Waals surface area contributed by atoms with Gasteiger partial charge in [-0.25, -0.2) is 0 Å². The zero-order valence-corrected chi connectivity index (χ0v) is 13.7. The molecule has 0 unspecified atom stereocenters. The van der Waals surface area contributed by atoms with Crippen molar-refractivity contribution in [3.8, 4) is 0 Å². The molecule has 0 aliphatic carbocycles. The minimum Gasteiger partial charge on any atom is -0.358 e. The molecular formula is C13H13IY. The van der Waals surface area contributed by atoms with Gasteiger partial charge < -0.3 is 7.43 Å². The topological polar surface area (TPSA) is 0 Å². The van der Waals surface area contributed by atoms with Crippen LogP contribution in [0.15, 0.2) is 60.7 Å². The minimum atomic E-state index is 0. The second-order valence-electron chi connectivity index (χ2n) is 2.69. The van der Waals surface area contributed by atoms with Gasteiger partial charge in [-0.1, -0.05) is 36.4 Å². The Labute approximate surface area is 128 Å². The minimum absolute atomic E-state index is 0. The van der Waals surface area contributed by atoms with Crippen LogP contribution in [0.2, 0.25) is 0 Å². The molecule has 0 aliphatic heterocycles. The maximum absolute atomic E-state index is 2.21. The summed E-state index contributed by atoms with van der Waals surface area (Å²) in [7, 11) is 0. The Bertz CT molecular complexity index is 321. The summed E-state index contributed by atoms with van der Waals surface area (Å²) in [4.78, 5) is 0. The average molecular weight is 385 g/mol. The molecule has 75 valence electrons. The Morgan fingerprint density at radius 2 is 0.933 bits per heavy atom. The summed E-state index contributed by atoms with van der Waals surface area (Å²) in [6, 6.07) is 21.4. The molecule has 0 bridgehead atoms. The molecule has 0 atom stereocenters. The molecule has 0 fully saturated rings. The van der Waals surface area contributed by atoms with E-state index in [4.69, 9.17) is 0 Å². The van der Waals surface area contributed by atoms with Crippen LogP contribution in [0, 0.1) is 14.6 Å². The van der Waals surface area contributed by atoms with E-state index in [1.54, 1.807) is 0 Å². The predicted molar refractivity (Wildman–Crippen MR) is 56.7 cm³/mol. The molecule has 0 N–H and O–H groups in total. The van der Waals surface area contributed by atoms with Crippen molar-refractivity contribution in [3.63, 3.8) is 0 Å². The van der Waals surface area contributed by atoms with Crippen LogP contribution >= 0.6 is 0 Å². The maximum Gasteiger partial charge on any atom is 0.357 e. The zero-order chi connectivity index (χ0) is 8.93. The quantitative estimate of drug-likeness (QED) is 0.515. The molecule has 0 amide bonds. The van der Waals surface area contributed by atoms with E-state index in [-0.39, 0.29) is 61.3 Å². The zero-order valence-electron chi connectivity index (χ0n) is 8.73. The van der Waals surface area contributed by atoms with E-state index in [0.29, 0.717) is 0 Å². The van der Waals surface area contributed by atoms with Gasteiger partial charge in [0.2, 0.25) is 0 Å². The first-order valence-electron chi connectivity index (χ1n) is 4.20. The molecule has 0 aromatic heterocycles. The van der Waals surface area contributed by atoms with Crippen molar-refractivity contribution < 1.29 is 53.9 Å². The largest absolute Gasteiger partial charge is 0.358 e. The molecule has 15 heavy (non-hydrogen) atoms. The van der Waals surface area contributed by atoms with E-state index in [1.807, 2.05) is 0 Å². The van der Waals surface area contributed by atoms with Gasteiger partial charge in [0, 0.05) is 32.7 Å². The Morgan fingerprint density at radius 1 is 0.600 bits per heavy atom. The molecule has 2 aromatic rings. The molecule has 0 spiro atoms. The van der Waals surface area contributed by atoms with Crippen molar-refractivity contribution in [2.75, 3.05) is 0 Å². The van der Waals surface area contributed by atoms with Gasteiger partial charge in [-0.3, -0.25) is 0 Å². The molecule has 0 nitrogen and oxygen atoms in total. The summed E-state index contributed by atoms with van der Waals surface area (Å²) < 4.78 is 2.96. The monoisotopic (exact) mass is 385 g/mol. The Morgan fingerprint density at radius 3 is 1.27 bits per heavy atom. The van der Waals surface area contributed by atoms with E-state index >= 15 is 0 Å². The standard InChI is InChI=1S/C12H10I.CH3.Y/c1-3-7-11(8-4-1)13-12-9-5-2-6-10-12;;/h1-10H;1H3;/q+1;-1;. The number of hydrogen-bond acceptors (Lipinski definition) is 0. The smallest absolute Gasteiger partial charge is 0.357 e. The van der Waals surface area contributed by atoms with Crippen LogP contribution in [0.1, 0.15) is 0 Å². The second kappa shape index (κ2) is 8.43. The van der Waals surface area contributed by atoms with Crippen molar-refractivity contribution in [1.29, 1.82) is 0 Å². The van der Waals surface area contributed by atoms with Gasteiger partial charge in [-0.05, 0) is 24.3 Å². The Hall–Kier alpha value is 0.274. The molecule has 2 aromatic carbocycles. The predicted octanol–water partition coefficient (Wildman–Crippen LogP) is 0.263. The van der Waals surface area contributed by atoms with Gasteiger partial charge in [0.05, 0.1) is 0 Å². The number of halogens is 1. The van der Waals surface area contributed by atoms with Crippen LogP contribution in [0.5, 0.6) is 0 Å². The van der Waals surface area contributed by atoms with Gasteiger partial charge in [-0.2, -0.15) is 0 Å². The third-order valence-corrected chi connectivity index (χ3v) is 4.37. The summed E-state index contributed by atoms with van der Waals surface area (Å²) in [5.74, 6) is 0. The van der Waals surface area contributed by atoms with E-state index in [9.17, 15) is 0 Å². The number of benzene rings is 2. The number of hydrogen-bond donors (Lipinski definition) is 0. The summed E-state index contributed by atoms with van der Waals surface area (Å²) in [6.07, 6.45) is 0. The van der Waals surface area contributed by atoms with Crippen LogP contribution in [0.25, 0.3) is 0 Å². The average Bonchev–Trinajstić information content (AvgIpc) is 2.21. The van der Waals surface area contributed by atoms with Crippen molar-refractivity contribution in [2.45, 2.75) is 0 Å². The summed E-state index contributed by atoms with van der Waals surface area (Å²) in [6.45, 7) is 0. The van der Waals surface area contributed by atoms with Gasteiger partial charge in [0.25, 0.3) is 0 Å². The van der Waals surface area contributed by atoms with Gasteiger partial charge in [-0.15, -0.1) is 0 Å². The molecule has 2 heteroatoms. The van der Waals surface area contributed by atoms with Gasteiger partial charge >= 0.3 is 21.2 Å². The fourth-order valence-corrected chi connectivity index (χ4v) is 3.35. The summed E-state index contributed by atoms with van der Waals surface area (Å²) in [5, 5.41) is 0. The first kappa shape index (κ1) is 15.3. The Kier molecular flexibility index (Phi) is 8.58. The maximum atomic E-state index is 2.21. The fraction of sp³-hybridized carbons (Fsp3) is 0. The van der Waals surface area contributed by atoms with E-state index in [2.05, 4.69) is 60.7 Å². The third-order valence-electron chi connectivity index (χ3n) is 1.68. The second-order valence-corrected chi connectivity index (χ2v) is 5.72. The van der Waals surface area contributed by atoms with Gasteiger partial charge in [0.1, 0.15) is 0 Å². The summed E-state index contributed by atoms with van der Waals surface area (Å²) >= 11 is 0.0287. The number of rotatable bonds is 2. The van der Waals surface area contributed by atoms with Crippen molar-refractivity contribution in [2.24, 2.45) is 0 Å². The fourth-order valence-electron chi connectivity index (χ4n) is 1.08. The summed E-state index contributed by atoms with van der Waals surface area (Å²) in [5.41, 5.74) is 0. The molecule has 0 saturated carbocycles. The normalized spacial score (nSPS) is 8.53. The van der Waals surface area contributed by atoms with Crippen LogP contribution in [0.4, 0.5) is 0 Å². The van der Waals surface area contributed by atoms with Crippen LogP contribution in [0.3, 0.4) is 0 Å². The van der Waals surface area contributed by atoms with E-state index in [0.717, 1.165) is 0 Å². The van der Waals surface area contributed by atoms with Crippen LogP contribution < -0.4 is 21.2 Å². The molecular weight excluding hydrogens is 372 g/mol. The van der Waals surface area contributed by atoms with Crippen molar-refractivity contribution in [3.05, 3.63) is 75.2 Å². The molecule has 0 saturated heterocycles. The third kappa shape index (κ3) is 5.23. The molecule has 0 heterocycles. The van der Waals surface area contributed by atoms with E-state index < -0.39 is 0 Å². The van der Waals surface area contributed by atoms with Crippen molar-refractivity contribution in [1.82, 2.24) is 0 Å². The SMILES string of the molecule is [CH3-].[Y].c1ccc([I+]c2ccccc2)cc1. The van der Waals surface area contributed by atoms with Crippen LogP contribution in [-0.4, -0.2) is 0 Å². The first-order chi connectivity index (χ1) is 6.45. The first-order valence-corrected chi connectivity index (χ1v) is 6.36. The Balaban J connectivity index is 0.000000980. The van der Waals surface area contributed by atoms with Crippen LogP contribution in [-0.2, 0) is 32.7 Å².